The second kappa shape index (κ2) is 5.90. The molecule has 1 heterocycles. The van der Waals surface area contributed by atoms with Gasteiger partial charge in [0.05, 0.1) is 17.2 Å². The summed E-state index contributed by atoms with van der Waals surface area (Å²) in [6.07, 6.45) is 2.42. The first kappa shape index (κ1) is 12.2. The van der Waals surface area contributed by atoms with Gasteiger partial charge < -0.3 is 10.1 Å². The van der Waals surface area contributed by atoms with E-state index in [0.717, 1.165) is 18.8 Å². The summed E-state index contributed by atoms with van der Waals surface area (Å²) in [4.78, 5) is 0. The number of benzene rings is 1. The first-order chi connectivity index (χ1) is 8.29. The molecular formula is C13H15ClN2O. The van der Waals surface area contributed by atoms with Crippen LogP contribution in [0.1, 0.15) is 18.4 Å². The van der Waals surface area contributed by atoms with Crippen molar-refractivity contribution in [3.8, 4) is 11.8 Å². The Balaban J connectivity index is 1.90. The van der Waals surface area contributed by atoms with E-state index < -0.39 is 0 Å². The van der Waals surface area contributed by atoms with Gasteiger partial charge in [-0.05, 0) is 31.5 Å². The first-order valence-electron chi connectivity index (χ1n) is 5.83. The third kappa shape index (κ3) is 3.36. The van der Waals surface area contributed by atoms with Crippen molar-refractivity contribution < 1.29 is 4.74 Å². The predicted molar refractivity (Wildman–Crippen MR) is 67.3 cm³/mol. The number of nitrogens with one attached hydrogen (secondary N) is 1. The standard InChI is InChI=1S/C13H15ClN2O/c14-13-6-12(4-3-11(13)7-15)17-9-10-2-1-5-16-8-10/h3-4,6,10,16H,1-2,5,8-9H2. The van der Waals surface area contributed by atoms with Crippen LogP contribution < -0.4 is 10.1 Å². The van der Waals surface area contributed by atoms with Crippen LogP contribution in [-0.4, -0.2) is 19.7 Å². The van der Waals surface area contributed by atoms with Crippen LogP contribution in [-0.2, 0) is 0 Å². The van der Waals surface area contributed by atoms with Crippen LogP contribution in [0.5, 0.6) is 5.75 Å². The Bertz CT molecular complexity index is 422. The SMILES string of the molecule is N#Cc1ccc(OCC2CCCNC2)cc1Cl. The van der Waals surface area contributed by atoms with E-state index in [-0.39, 0.29) is 0 Å². The molecular weight excluding hydrogens is 236 g/mol. The largest absolute Gasteiger partial charge is 0.493 e. The highest BCUT2D eigenvalue weighted by Gasteiger charge is 2.13. The summed E-state index contributed by atoms with van der Waals surface area (Å²) in [5.74, 6) is 1.30. The zero-order valence-electron chi connectivity index (χ0n) is 9.58. The highest BCUT2D eigenvalue weighted by atomic mass is 35.5. The number of hydrogen-bond donors (Lipinski definition) is 1. The molecule has 0 amide bonds. The van der Waals surface area contributed by atoms with Crippen LogP contribution in [0.25, 0.3) is 0 Å². The van der Waals surface area contributed by atoms with E-state index in [1.165, 1.54) is 12.8 Å². The Morgan fingerprint density at radius 3 is 3.06 bits per heavy atom. The minimum absolute atomic E-state index is 0.451. The summed E-state index contributed by atoms with van der Waals surface area (Å²) in [5.41, 5.74) is 0.485. The number of nitrogens with zero attached hydrogens (tertiary/aromatic N) is 1. The molecule has 4 heteroatoms. The molecule has 0 radical (unpaired) electrons. The minimum Gasteiger partial charge on any atom is -0.493 e. The van der Waals surface area contributed by atoms with E-state index in [4.69, 9.17) is 21.6 Å². The van der Waals surface area contributed by atoms with Gasteiger partial charge in [-0.2, -0.15) is 5.26 Å². The predicted octanol–water partition coefficient (Wildman–Crippen LogP) is 2.59. The lowest BCUT2D eigenvalue weighted by Gasteiger charge is -2.22. The molecule has 1 fully saturated rings. The van der Waals surface area contributed by atoms with Crippen LogP contribution in [0.3, 0.4) is 0 Å². The molecule has 1 saturated heterocycles. The summed E-state index contributed by atoms with van der Waals surface area (Å²) in [6.45, 7) is 2.83. The second-order valence-corrected chi connectivity index (χ2v) is 4.68. The average molecular weight is 251 g/mol. The quantitative estimate of drug-likeness (QED) is 0.897. The summed E-state index contributed by atoms with van der Waals surface area (Å²) < 4.78 is 5.69. The lowest BCUT2D eigenvalue weighted by Crippen LogP contribution is -2.33. The molecule has 0 aliphatic carbocycles. The fraction of sp³-hybridized carbons (Fsp3) is 0.462. The van der Waals surface area contributed by atoms with Crippen molar-refractivity contribution in [2.75, 3.05) is 19.7 Å². The smallest absolute Gasteiger partial charge is 0.120 e. The number of ether oxygens (including phenoxy) is 1. The third-order valence-corrected chi connectivity index (χ3v) is 3.26. The van der Waals surface area contributed by atoms with E-state index in [0.29, 0.717) is 23.1 Å². The lowest BCUT2D eigenvalue weighted by molar-refractivity contribution is 0.218. The molecule has 1 aromatic carbocycles. The molecule has 3 nitrogen and oxygen atoms in total. The zero-order valence-corrected chi connectivity index (χ0v) is 10.3. The van der Waals surface area contributed by atoms with Gasteiger partial charge in [-0.1, -0.05) is 11.6 Å². The van der Waals surface area contributed by atoms with Gasteiger partial charge in [-0.3, -0.25) is 0 Å². The maximum absolute atomic E-state index is 8.76. The molecule has 1 aliphatic rings. The van der Waals surface area contributed by atoms with Gasteiger partial charge in [-0.25, -0.2) is 0 Å². The van der Waals surface area contributed by atoms with Gasteiger partial charge in [0.15, 0.2) is 0 Å². The van der Waals surface area contributed by atoms with Crippen LogP contribution in [0.2, 0.25) is 5.02 Å². The molecule has 1 N–H and O–H groups in total. The Morgan fingerprint density at radius 2 is 2.41 bits per heavy atom. The third-order valence-electron chi connectivity index (χ3n) is 2.95. The summed E-state index contributed by atoms with van der Waals surface area (Å²) in [7, 11) is 0. The highest BCUT2D eigenvalue weighted by molar-refractivity contribution is 6.31. The maximum atomic E-state index is 8.76. The van der Waals surface area contributed by atoms with E-state index >= 15 is 0 Å². The van der Waals surface area contributed by atoms with Gasteiger partial charge in [-0.15, -0.1) is 0 Å². The van der Waals surface area contributed by atoms with E-state index in [1.807, 2.05) is 6.07 Å². The van der Waals surface area contributed by atoms with Gasteiger partial charge >= 0.3 is 0 Å². The average Bonchev–Trinajstić information content (AvgIpc) is 2.38. The van der Waals surface area contributed by atoms with Crippen molar-refractivity contribution in [3.63, 3.8) is 0 Å². The molecule has 0 bridgehead atoms. The van der Waals surface area contributed by atoms with Gasteiger partial charge in [0.2, 0.25) is 0 Å². The van der Waals surface area contributed by atoms with Crippen molar-refractivity contribution in [2.45, 2.75) is 12.8 Å². The monoisotopic (exact) mass is 250 g/mol. The molecule has 0 spiro atoms. The molecule has 1 unspecified atom stereocenters. The van der Waals surface area contributed by atoms with Gasteiger partial charge in [0, 0.05) is 18.5 Å². The zero-order chi connectivity index (χ0) is 12.1. The van der Waals surface area contributed by atoms with Crippen molar-refractivity contribution in [3.05, 3.63) is 28.8 Å². The van der Waals surface area contributed by atoms with Crippen molar-refractivity contribution in [2.24, 2.45) is 5.92 Å². The van der Waals surface area contributed by atoms with Crippen LogP contribution in [0.4, 0.5) is 0 Å². The van der Waals surface area contributed by atoms with Crippen LogP contribution in [0, 0.1) is 17.2 Å². The van der Waals surface area contributed by atoms with E-state index in [9.17, 15) is 0 Å². The lowest BCUT2D eigenvalue weighted by atomic mass is 10.0. The molecule has 0 saturated carbocycles. The Hall–Kier alpha value is -1.24. The molecule has 90 valence electrons. The second-order valence-electron chi connectivity index (χ2n) is 4.28. The fourth-order valence-corrected chi connectivity index (χ4v) is 2.17. The Labute approximate surface area is 106 Å². The Kier molecular flexibility index (Phi) is 4.24. The number of hydrogen-bond acceptors (Lipinski definition) is 3. The highest BCUT2D eigenvalue weighted by Crippen LogP contribution is 2.22. The summed E-state index contributed by atoms with van der Waals surface area (Å²) >= 11 is 5.94. The first-order valence-corrected chi connectivity index (χ1v) is 6.20. The van der Waals surface area contributed by atoms with Crippen molar-refractivity contribution in [1.29, 1.82) is 5.26 Å². The van der Waals surface area contributed by atoms with E-state index in [2.05, 4.69) is 5.32 Å². The van der Waals surface area contributed by atoms with E-state index in [1.54, 1.807) is 18.2 Å². The molecule has 0 aromatic heterocycles. The number of rotatable bonds is 3. The van der Waals surface area contributed by atoms with Gasteiger partial charge in [0.1, 0.15) is 11.8 Å². The normalized spacial score (nSPS) is 19.6. The minimum atomic E-state index is 0.451. The number of halogens is 1. The molecule has 2 rings (SSSR count). The van der Waals surface area contributed by atoms with Crippen LogP contribution in [0.15, 0.2) is 18.2 Å². The topological polar surface area (TPSA) is 45.0 Å². The van der Waals surface area contributed by atoms with Crippen molar-refractivity contribution >= 4 is 11.6 Å². The number of piperidine rings is 1. The molecule has 17 heavy (non-hydrogen) atoms. The molecule has 1 aromatic rings. The summed E-state index contributed by atoms with van der Waals surface area (Å²) in [6, 6.07) is 7.22. The fourth-order valence-electron chi connectivity index (χ4n) is 1.96. The van der Waals surface area contributed by atoms with Crippen molar-refractivity contribution in [1.82, 2.24) is 5.32 Å². The Morgan fingerprint density at radius 1 is 1.53 bits per heavy atom. The summed E-state index contributed by atoms with van der Waals surface area (Å²) in [5, 5.41) is 12.6. The maximum Gasteiger partial charge on any atom is 0.120 e. The van der Waals surface area contributed by atoms with Gasteiger partial charge in [0.25, 0.3) is 0 Å². The number of nitriles is 1. The van der Waals surface area contributed by atoms with Crippen LogP contribution >= 0.6 is 11.6 Å². The molecule has 1 atom stereocenters. The molecule has 1 aliphatic heterocycles.